The van der Waals surface area contributed by atoms with Crippen LogP contribution in [0.3, 0.4) is 0 Å². The van der Waals surface area contributed by atoms with Gasteiger partial charge in [-0.25, -0.2) is 4.68 Å². The van der Waals surface area contributed by atoms with Crippen molar-refractivity contribution in [2.75, 3.05) is 13.2 Å². The highest BCUT2D eigenvalue weighted by Gasteiger charge is 2.06. The van der Waals surface area contributed by atoms with Crippen molar-refractivity contribution in [2.24, 2.45) is 0 Å². The molecule has 1 aromatic carbocycles. The molecule has 1 heterocycles. The lowest BCUT2D eigenvalue weighted by Gasteiger charge is -2.11. The second-order valence-electron chi connectivity index (χ2n) is 5.14. The van der Waals surface area contributed by atoms with Crippen molar-refractivity contribution in [3.8, 4) is 5.75 Å². The molecule has 0 saturated heterocycles. The van der Waals surface area contributed by atoms with E-state index < -0.39 is 0 Å². The summed E-state index contributed by atoms with van der Waals surface area (Å²) >= 11 is 0. The third-order valence-corrected chi connectivity index (χ3v) is 3.46. The van der Waals surface area contributed by atoms with Crippen LogP contribution >= 0.6 is 0 Å². The maximum atomic E-state index is 11.8. The summed E-state index contributed by atoms with van der Waals surface area (Å²) in [5, 5.41) is 5.02. The molecule has 23 heavy (non-hydrogen) atoms. The molecule has 7 nitrogen and oxygen atoms in total. The fraction of sp³-hybridized carbons (Fsp3) is 0.312. The topological polar surface area (TPSA) is 93.2 Å². The fourth-order valence-electron chi connectivity index (χ4n) is 2.01. The number of nitrogens with zero attached hydrogens (tertiary/aromatic N) is 1. The second kappa shape index (κ2) is 7.44. The van der Waals surface area contributed by atoms with E-state index in [0.717, 1.165) is 21.9 Å². The molecule has 2 N–H and O–H groups in total. The van der Waals surface area contributed by atoms with Gasteiger partial charge in [-0.3, -0.25) is 19.5 Å². The van der Waals surface area contributed by atoms with Gasteiger partial charge in [-0.1, -0.05) is 12.1 Å². The van der Waals surface area contributed by atoms with Gasteiger partial charge in [-0.05, 0) is 31.0 Å². The molecule has 1 amide bonds. The number of hydrogen-bond acceptors (Lipinski definition) is 4. The summed E-state index contributed by atoms with van der Waals surface area (Å²) < 4.78 is 6.63. The molecule has 0 aliphatic rings. The van der Waals surface area contributed by atoms with Gasteiger partial charge in [0, 0.05) is 18.7 Å². The maximum absolute atomic E-state index is 11.8. The third-order valence-electron chi connectivity index (χ3n) is 3.46. The number of carbonyl (C=O) groups excluding carboxylic acids is 1. The van der Waals surface area contributed by atoms with Gasteiger partial charge in [0.2, 0.25) is 0 Å². The van der Waals surface area contributed by atoms with Crippen molar-refractivity contribution in [1.29, 1.82) is 0 Å². The zero-order valence-corrected chi connectivity index (χ0v) is 13.1. The number of ether oxygens (including phenoxy) is 1. The standard InChI is InChI=1S/C16H19N3O4/c1-11-4-3-5-13(12(11)2)23-10-15(21)17-8-9-19-16(22)7-6-14(20)18-19/h3-7H,8-10H2,1-2H3,(H,17,21)(H,18,20). The van der Waals surface area contributed by atoms with Crippen LogP contribution in [0.15, 0.2) is 39.9 Å². The predicted molar refractivity (Wildman–Crippen MR) is 85.7 cm³/mol. The Labute approximate surface area is 132 Å². The first-order valence-corrected chi connectivity index (χ1v) is 7.23. The van der Waals surface area contributed by atoms with Crippen LogP contribution < -0.4 is 21.2 Å². The molecule has 0 spiro atoms. The van der Waals surface area contributed by atoms with Crippen molar-refractivity contribution < 1.29 is 9.53 Å². The Hall–Kier alpha value is -2.83. The van der Waals surface area contributed by atoms with E-state index in [1.165, 1.54) is 6.07 Å². The highest BCUT2D eigenvalue weighted by Crippen LogP contribution is 2.20. The summed E-state index contributed by atoms with van der Waals surface area (Å²) in [6.07, 6.45) is 0. The molecule has 0 fully saturated rings. The van der Waals surface area contributed by atoms with Crippen molar-refractivity contribution in [2.45, 2.75) is 20.4 Å². The van der Waals surface area contributed by atoms with E-state index in [9.17, 15) is 14.4 Å². The molecule has 0 atom stereocenters. The lowest BCUT2D eigenvalue weighted by molar-refractivity contribution is -0.123. The van der Waals surface area contributed by atoms with E-state index in [1.807, 2.05) is 32.0 Å². The molecule has 2 aromatic rings. The zero-order chi connectivity index (χ0) is 16.8. The van der Waals surface area contributed by atoms with E-state index in [-0.39, 0.29) is 36.7 Å². The molecule has 0 saturated carbocycles. The fourth-order valence-corrected chi connectivity index (χ4v) is 2.01. The van der Waals surface area contributed by atoms with Crippen LogP contribution in [0.25, 0.3) is 0 Å². The molecule has 0 unspecified atom stereocenters. The lowest BCUT2D eigenvalue weighted by atomic mass is 10.1. The van der Waals surface area contributed by atoms with Crippen molar-refractivity contribution in [1.82, 2.24) is 15.1 Å². The molecule has 0 aliphatic carbocycles. The summed E-state index contributed by atoms with van der Waals surface area (Å²) in [7, 11) is 0. The second-order valence-corrected chi connectivity index (χ2v) is 5.14. The van der Waals surface area contributed by atoms with Crippen molar-refractivity contribution in [3.63, 3.8) is 0 Å². The number of nitrogens with one attached hydrogen (secondary N) is 2. The number of aryl methyl sites for hydroxylation is 1. The first kappa shape index (κ1) is 16.5. The summed E-state index contributed by atoms with van der Waals surface area (Å²) in [6, 6.07) is 8.00. The lowest BCUT2D eigenvalue weighted by Crippen LogP contribution is -2.36. The minimum Gasteiger partial charge on any atom is -0.483 e. The van der Waals surface area contributed by atoms with Gasteiger partial charge in [0.05, 0.1) is 6.54 Å². The number of aromatic nitrogens is 2. The third kappa shape index (κ3) is 4.57. The number of H-pyrrole nitrogens is 1. The van der Waals surface area contributed by atoms with Gasteiger partial charge < -0.3 is 10.1 Å². The quantitative estimate of drug-likeness (QED) is 0.804. The van der Waals surface area contributed by atoms with E-state index >= 15 is 0 Å². The van der Waals surface area contributed by atoms with E-state index in [1.54, 1.807) is 0 Å². The van der Waals surface area contributed by atoms with Gasteiger partial charge in [-0.15, -0.1) is 0 Å². The van der Waals surface area contributed by atoms with E-state index in [2.05, 4.69) is 10.4 Å². The molecule has 1 aromatic heterocycles. The first-order valence-electron chi connectivity index (χ1n) is 7.23. The summed E-state index contributed by atoms with van der Waals surface area (Å²) in [6.45, 7) is 4.20. The Bertz CT molecular complexity index is 807. The van der Waals surface area contributed by atoms with Gasteiger partial charge in [0.1, 0.15) is 5.75 Å². The monoisotopic (exact) mass is 317 g/mol. The van der Waals surface area contributed by atoms with Crippen LogP contribution in [-0.4, -0.2) is 28.8 Å². The van der Waals surface area contributed by atoms with E-state index in [0.29, 0.717) is 5.75 Å². The molecule has 0 aliphatic heterocycles. The van der Waals surface area contributed by atoms with E-state index in [4.69, 9.17) is 4.74 Å². The summed E-state index contributed by atoms with van der Waals surface area (Å²) in [4.78, 5) is 34.4. The SMILES string of the molecule is Cc1cccc(OCC(=O)NCCn2[nH]c(=O)ccc2=O)c1C. The molecule has 122 valence electrons. The Morgan fingerprint density at radius 3 is 2.78 bits per heavy atom. The number of rotatable bonds is 6. The van der Waals surface area contributed by atoms with Crippen LogP contribution in [0.4, 0.5) is 0 Å². The summed E-state index contributed by atoms with van der Waals surface area (Å²) in [5.41, 5.74) is 1.39. The van der Waals surface area contributed by atoms with Crippen LogP contribution in [0.5, 0.6) is 5.75 Å². The van der Waals surface area contributed by atoms with Gasteiger partial charge >= 0.3 is 0 Å². The largest absolute Gasteiger partial charge is 0.483 e. The number of amides is 1. The van der Waals surface area contributed by atoms with Crippen LogP contribution in [-0.2, 0) is 11.3 Å². The average molecular weight is 317 g/mol. The maximum Gasteiger partial charge on any atom is 0.265 e. The number of hydrogen-bond donors (Lipinski definition) is 2. The Morgan fingerprint density at radius 1 is 1.22 bits per heavy atom. The highest BCUT2D eigenvalue weighted by atomic mass is 16.5. The Morgan fingerprint density at radius 2 is 2.00 bits per heavy atom. The van der Waals surface area contributed by atoms with Gasteiger partial charge in [0.25, 0.3) is 17.0 Å². The molecular formula is C16H19N3O4. The molecule has 0 bridgehead atoms. The summed E-state index contributed by atoms with van der Waals surface area (Å²) in [5.74, 6) is 0.376. The number of aromatic amines is 1. The van der Waals surface area contributed by atoms with Gasteiger partial charge in [0.15, 0.2) is 6.61 Å². The minimum atomic E-state index is -0.366. The average Bonchev–Trinajstić information content (AvgIpc) is 2.52. The van der Waals surface area contributed by atoms with Crippen LogP contribution in [0.2, 0.25) is 0 Å². The van der Waals surface area contributed by atoms with Crippen LogP contribution in [0.1, 0.15) is 11.1 Å². The highest BCUT2D eigenvalue weighted by molar-refractivity contribution is 5.77. The molecule has 2 rings (SSSR count). The zero-order valence-electron chi connectivity index (χ0n) is 13.1. The number of benzene rings is 1. The number of carbonyl (C=O) groups is 1. The normalized spacial score (nSPS) is 10.3. The van der Waals surface area contributed by atoms with Crippen LogP contribution in [0, 0.1) is 13.8 Å². The van der Waals surface area contributed by atoms with Crippen molar-refractivity contribution >= 4 is 5.91 Å². The minimum absolute atomic E-state index is 0.107. The first-order chi connectivity index (χ1) is 11.0. The van der Waals surface area contributed by atoms with Gasteiger partial charge in [-0.2, -0.15) is 0 Å². The Kier molecular flexibility index (Phi) is 5.35. The molecule has 0 radical (unpaired) electrons. The Balaban J connectivity index is 1.81. The molecular weight excluding hydrogens is 298 g/mol. The molecule has 7 heteroatoms. The predicted octanol–water partition coefficient (Wildman–Crippen LogP) is 0.349. The smallest absolute Gasteiger partial charge is 0.265 e. The van der Waals surface area contributed by atoms with Crippen molar-refractivity contribution in [3.05, 3.63) is 62.2 Å².